The lowest BCUT2D eigenvalue weighted by Gasteiger charge is -2.13. The number of hydrogen-bond acceptors (Lipinski definition) is 4. The molecular weight excluding hydrogens is 290 g/mol. The van der Waals surface area contributed by atoms with Crippen LogP contribution in [0.4, 0.5) is 0 Å². The number of nitrogens with one attached hydrogen (secondary N) is 1. The first-order valence-corrected chi connectivity index (χ1v) is 7.13. The molecule has 5 heteroatoms. The second-order valence-electron chi connectivity index (χ2n) is 4.86. The van der Waals surface area contributed by atoms with Crippen LogP contribution in [-0.4, -0.2) is 18.4 Å². The van der Waals surface area contributed by atoms with Crippen LogP contribution in [0.15, 0.2) is 42.5 Å². The Balaban J connectivity index is 1.55. The zero-order valence-electron chi connectivity index (χ0n) is 11.4. The van der Waals surface area contributed by atoms with Crippen molar-refractivity contribution in [3.05, 3.63) is 58.6 Å². The van der Waals surface area contributed by atoms with Crippen LogP contribution in [0.1, 0.15) is 17.2 Å². The summed E-state index contributed by atoms with van der Waals surface area (Å²) in [6.07, 6.45) is -0.632. The normalized spacial score (nSPS) is 14.2. The average Bonchev–Trinajstić information content (AvgIpc) is 2.95. The van der Waals surface area contributed by atoms with Gasteiger partial charge in [0.25, 0.3) is 0 Å². The van der Waals surface area contributed by atoms with Crippen molar-refractivity contribution in [2.45, 2.75) is 12.6 Å². The number of aliphatic hydroxyl groups excluding tert-OH is 1. The van der Waals surface area contributed by atoms with E-state index in [0.717, 1.165) is 22.6 Å². The minimum Gasteiger partial charge on any atom is -0.454 e. The maximum absolute atomic E-state index is 10.1. The number of aliphatic hydroxyl groups is 1. The van der Waals surface area contributed by atoms with Crippen LogP contribution in [0.2, 0.25) is 5.02 Å². The standard InChI is InChI=1S/C16H16ClNO3/c17-13-4-2-1-3-12(13)14(19)9-18-8-11-5-6-15-16(7-11)21-10-20-15/h1-7,14,18-19H,8-10H2. The molecule has 0 saturated carbocycles. The summed E-state index contributed by atoms with van der Waals surface area (Å²) in [5.41, 5.74) is 1.81. The Labute approximate surface area is 128 Å². The summed E-state index contributed by atoms with van der Waals surface area (Å²) < 4.78 is 10.6. The first-order chi connectivity index (χ1) is 10.2. The summed E-state index contributed by atoms with van der Waals surface area (Å²) in [4.78, 5) is 0. The third-order valence-electron chi connectivity index (χ3n) is 3.37. The zero-order valence-corrected chi connectivity index (χ0v) is 12.1. The fourth-order valence-electron chi connectivity index (χ4n) is 2.26. The molecule has 0 aliphatic carbocycles. The maximum atomic E-state index is 10.1. The zero-order chi connectivity index (χ0) is 14.7. The Kier molecular flexibility index (Phi) is 4.29. The Morgan fingerprint density at radius 2 is 1.95 bits per heavy atom. The number of fused-ring (bicyclic) bond motifs is 1. The Morgan fingerprint density at radius 3 is 2.81 bits per heavy atom. The van der Waals surface area contributed by atoms with Gasteiger partial charge in [-0.25, -0.2) is 0 Å². The number of rotatable bonds is 5. The molecule has 110 valence electrons. The van der Waals surface area contributed by atoms with Gasteiger partial charge in [-0.1, -0.05) is 35.9 Å². The fraction of sp³-hybridized carbons (Fsp3) is 0.250. The number of hydrogen-bond donors (Lipinski definition) is 2. The van der Waals surface area contributed by atoms with Crippen LogP contribution in [-0.2, 0) is 6.54 Å². The van der Waals surface area contributed by atoms with E-state index in [9.17, 15) is 5.11 Å². The summed E-state index contributed by atoms with van der Waals surface area (Å²) in [7, 11) is 0. The monoisotopic (exact) mass is 305 g/mol. The van der Waals surface area contributed by atoms with Crippen LogP contribution < -0.4 is 14.8 Å². The van der Waals surface area contributed by atoms with Crippen LogP contribution in [0.5, 0.6) is 11.5 Å². The molecular formula is C16H16ClNO3. The summed E-state index contributed by atoms with van der Waals surface area (Å²) in [5, 5.41) is 13.9. The van der Waals surface area contributed by atoms with E-state index >= 15 is 0 Å². The van der Waals surface area contributed by atoms with Crippen LogP contribution in [0.25, 0.3) is 0 Å². The van der Waals surface area contributed by atoms with Gasteiger partial charge < -0.3 is 19.9 Å². The van der Waals surface area contributed by atoms with E-state index in [2.05, 4.69) is 5.32 Å². The Morgan fingerprint density at radius 1 is 1.14 bits per heavy atom. The highest BCUT2D eigenvalue weighted by atomic mass is 35.5. The summed E-state index contributed by atoms with van der Waals surface area (Å²) in [6, 6.07) is 13.1. The summed E-state index contributed by atoms with van der Waals surface area (Å²) in [5.74, 6) is 1.54. The SMILES string of the molecule is OC(CNCc1ccc2c(c1)OCO2)c1ccccc1Cl. The average molecular weight is 306 g/mol. The Hall–Kier alpha value is -1.75. The van der Waals surface area contributed by atoms with E-state index in [-0.39, 0.29) is 6.79 Å². The quantitative estimate of drug-likeness (QED) is 0.892. The summed E-state index contributed by atoms with van der Waals surface area (Å²) in [6.45, 7) is 1.34. The summed E-state index contributed by atoms with van der Waals surface area (Å²) >= 11 is 6.06. The minimum atomic E-state index is -0.632. The largest absolute Gasteiger partial charge is 0.454 e. The molecule has 2 N–H and O–H groups in total. The van der Waals surface area contributed by atoms with Crippen molar-refractivity contribution in [2.24, 2.45) is 0 Å². The lowest BCUT2D eigenvalue weighted by molar-refractivity contribution is 0.173. The molecule has 1 heterocycles. The van der Waals surface area contributed by atoms with E-state index in [1.165, 1.54) is 0 Å². The van der Waals surface area contributed by atoms with Gasteiger partial charge in [-0.15, -0.1) is 0 Å². The Bertz CT molecular complexity index is 633. The van der Waals surface area contributed by atoms with E-state index in [1.54, 1.807) is 6.07 Å². The fourth-order valence-corrected chi connectivity index (χ4v) is 2.52. The smallest absolute Gasteiger partial charge is 0.231 e. The predicted octanol–water partition coefficient (Wildman–Crippen LogP) is 2.89. The van der Waals surface area contributed by atoms with Gasteiger partial charge in [0.2, 0.25) is 6.79 Å². The van der Waals surface area contributed by atoms with E-state index in [0.29, 0.717) is 18.1 Å². The predicted molar refractivity (Wildman–Crippen MR) is 80.7 cm³/mol. The molecule has 2 aromatic rings. The third-order valence-corrected chi connectivity index (χ3v) is 3.71. The van der Waals surface area contributed by atoms with Gasteiger partial charge in [-0.3, -0.25) is 0 Å². The molecule has 0 bridgehead atoms. The molecule has 0 fully saturated rings. The van der Waals surface area contributed by atoms with Crippen molar-refractivity contribution in [3.8, 4) is 11.5 Å². The molecule has 0 aromatic heterocycles. The molecule has 3 rings (SSSR count). The van der Waals surface area contributed by atoms with E-state index < -0.39 is 6.10 Å². The second-order valence-corrected chi connectivity index (χ2v) is 5.26. The lowest BCUT2D eigenvalue weighted by atomic mass is 10.1. The van der Waals surface area contributed by atoms with Crippen LogP contribution in [0.3, 0.4) is 0 Å². The van der Waals surface area contributed by atoms with Gasteiger partial charge in [0.1, 0.15) is 0 Å². The van der Waals surface area contributed by atoms with Gasteiger partial charge in [-0.05, 0) is 23.8 Å². The van der Waals surface area contributed by atoms with Gasteiger partial charge in [0.05, 0.1) is 6.10 Å². The van der Waals surface area contributed by atoms with Gasteiger partial charge in [0.15, 0.2) is 11.5 Å². The van der Waals surface area contributed by atoms with Gasteiger partial charge in [0, 0.05) is 23.7 Å². The molecule has 21 heavy (non-hydrogen) atoms. The van der Waals surface area contributed by atoms with Gasteiger partial charge >= 0.3 is 0 Å². The maximum Gasteiger partial charge on any atom is 0.231 e. The van der Waals surface area contributed by atoms with E-state index in [1.807, 2.05) is 36.4 Å². The minimum absolute atomic E-state index is 0.275. The molecule has 0 spiro atoms. The molecule has 0 saturated heterocycles. The highest BCUT2D eigenvalue weighted by molar-refractivity contribution is 6.31. The lowest BCUT2D eigenvalue weighted by Crippen LogP contribution is -2.21. The van der Waals surface area contributed by atoms with Crippen molar-refractivity contribution in [1.29, 1.82) is 0 Å². The molecule has 1 aliphatic rings. The molecule has 0 radical (unpaired) electrons. The van der Waals surface area contributed by atoms with Crippen molar-refractivity contribution >= 4 is 11.6 Å². The highest BCUT2D eigenvalue weighted by Gasteiger charge is 2.14. The first-order valence-electron chi connectivity index (χ1n) is 6.76. The van der Waals surface area contributed by atoms with Crippen molar-refractivity contribution in [2.75, 3.05) is 13.3 Å². The molecule has 1 aliphatic heterocycles. The first kappa shape index (κ1) is 14.2. The van der Waals surface area contributed by atoms with Crippen LogP contribution >= 0.6 is 11.6 Å². The van der Waals surface area contributed by atoms with Gasteiger partial charge in [-0.2, -0.15) is 0 Å². The molecule has 2 aromatic carbocycles. The van der Waals surface area contributed by atoms with Crippen LogP contribution in [0, 0.1) is 0 Å². The number of ether oxygens (including phenoxy) is 2. The third kappa shape index (κ3) is 3.29. The number of benzene rings is 2. The molecule has 1 atom stereocenters. The molecule has 0 amide bonds. The number of halogens is 1. The van der Waals surface area contributed by atoms with Crippen molar-refractivity contribution in [3.63, 3.8) is 0 Å². The topological polar surface area (TPSA) is 50.7 Å². The second kappa shape index (κ2) is 6.35. The van der Waals surface area contributed by atoms with E-state index in [4.69, 9.17) is 21.1 Å². The molecule has 1 unspecified atom stereocenters. The highest BCUT2D eigenvalue weighted by Crippen LogP contribution is 2.32. The van der Waals surface area contributed by atoms with Crippen molar-refractivity contribution < 1.29 is 14.6 Å². The molecule has 4 nitrogen and oxygen atoms in total. The van der Waals surface area contributed by atoms with Crippen molar-refractivity contribution in [1.82, 2.24) is 5.32 Å².